The first kappa shape index (κ1) is 29.1. The second-order valence-electron chi connectivity index (χ2n) is 10.9. The van der Waals surface area contributed by atoms with Crippen molar-refractivity contribution in [3.8, 4) is 0 Å². The molecule has 0 bridgehead atoms. The van der Waals surface area contributed by atoms with E-state index >= 15 is 0 Å². The number of carboxylic acids is 1. The Balaban J connectivity index is 1.89. The standard InChI is InChI=1S/C27H41N3O6/c1-17(2)22(25(33)34)30-23(31)20-13-11-19(12-14-20)16-28-24(32)21(15-18-9-7-6-8-10-18)29-26(35)36-27(3,4)5/h6-10,17,19-22H,11-16H2,1-5H3,(H,28,32)(H,29,35)(H,30,31)(H,33,34)/t19?,20?,21-,22+/m0/s1. The van der Waals surface area contributed by atoms with Crippen molar-refractivity contribution in [2.24, 2.45) is 17.8 Å². The predicted octanol–water partition coefficient (Wildman–Crippen LogP) is 3.27. The lowest BCUT2D eigenvalue weighted by atomic mass is 9.81. The number of carbonyl (C=O) groups excluding carboxylic acids is 3. The molecular weight excluding hydrogens is 462 g/mol. The summed E-state index contributed by atoms with van der Waals surface area (Å²) in [4.78, 5) is 49.3. The molecule has 1 saturated carbocycles. The Bertz CT molecular complexity index is 889. The van der Waals surface area contributed by atoms with Crippen molar-refractivity contribution in [3.63, 3.8) is 0 Å². The lowest BCUT2D eigenvalue weighted by Crippen LogP contribution is -2.50. The quantitative estimate of drug-likeness (QED) is 0.387. The van der Waals surface area contributed by atoms with E-state index in [0.29, 0.717) is 25.8 Å². The van der Waals surface area contributed by atoms with Gasteiger partial charge in [0.15, 0.2) is 0 Å². The van der Waals surface area contributed by atoms with Crippen molar-refractivity contribution < 1.29 is 29.0 Å². The van der Waals surface area contributed by atoms with Crippen molar-refractivity contribution in [1.82, 2.24) is 16.0 Å². The zero-order valence-corrected chi connectivity index (χ0v) is 22.0. The summed E-state index contributed by atoms with van der Waals surface area (Å²) in [6.45, 7) is 9.27. The van der Waals surface area contributed by atoms with Gasteiger partial charge in [0.2, 0.25) is 11.8 Å². The molecule has 0 radical (unpaired) electrons. The van der Waals surface area contributed by atoms with Gasteiger partial charge in [-0.1, -0.05) is 44.2 Å². The van der Waals surface area contributed by atoms with Crippen LogP contribution in [-0.2, 0) is 25.5 Å². The summed E-state index contributed by atoms with van der Waals surface area (Å²) >= 11 is 0. The Morgan fingerprint density at radius 1 is 1.00 bits per heavy atom. The van der Waals surface area contributed by atoms with Crippen LogP contribution in [0, 0.1) is 17.8 Å². The molecule has 0 saturated heterocycles. The van der Waals surface area contributed by atoms with Crippen molar-refractivity contribution in [2.75, 3.05) is 6.54 Å². The molecule has 0 aromatic heterocycles. The number of hydrogen-bond acceptors (Lipinski definition) is 5. The van der Waals surface area contributed by atoms with Gasteiger partial charge in [-0.15, -0.1) is 0 Å². The predicted molar refractivity (Wildman–Crippen MR) is 136 cm³/mol. The highest BCUT2D eigenvalue weighted by molar-refractivity contribution is 5.86. The van der Waals surface area contributed by atoms with Crippen LogP contribution >= 0.6 is 0 Å². The highest BCUT2D eigenvalue weighted by Crippen LogP contribution is 2.29. The van der Waals surface area contributed by atoms with E-state index in [-0.39, 0.29) is 29.6 Å². The van der Waals surface area contributed by atoms with E-state index in [1.807, 2.05) is 30.3 Å². The van der Waals surface area contributed by atoms with Crippen LogP contribution in [-0.4, -0.2) is 53.2 Å². The molecule has 4 N–H and O–H groups in total. The summed E-state index contributed by atoms with van der Waals surface area (Å²) in [5, 5.41) is 17.6. The molecule has 36 heavy (non-hydrogen) atoms. The number of nitrogens with one attached hydrogen (secondary N) is 3. The van der Waals surface area contributed by atoms with Crippen LogP contribution in [0.25, 0.3) is 0 Å². The molecule has 2 rings (SSSR count). The van der Waals surface area contributed by atoms with Gasteiger partial charge in [-0.2, -0.15) is 0 Å². The highest BCUT2D eigenvalue weighted by atomic mass is 16.6. The van der Waals surface area contributed by atoms with Gasteiger partial charge in [0.1, 0.15) is 17.7 Å². The second-order valence-corrected chi connectivity index (χ2v) is 10.9. The molecule has 0 heterocycles. The maximum absolute atomic E-state index is 13.0. The summed E-state index contributed by atoms with van der Waals surface area (Å²) in [7, 11) is 0. The minimum atomic E-state index is -1.03. The number of carboxylic acid groups (broad SMARTS) is 1. The molecule has 200 valence electrons. The van der Waals surface area contributed by atoms with E-state index in [1.165, 1.54) is 0 Å². The molecule has 0 aliphatic heterocycles. The zero-order chi connectivity index (χ0) is 26.9. The maximum atomic E-state index is 13.0. The fourth-order valence-electron chi connectivity index (χ4n) is 4.29. The highest BCUT2D eigenvalue weighted by Gasteiger charge is 2.31. The van der Waals surface area contributed by atoms with Gasteiger partial charge in [0.25, 0.3) is 0 Å². The molecule has 3 amide bonds. The lowest BCUT2D eigenvalue weighted by molar-refractivity contribution is -0.144. The Morgan fingerprint density at radius 2 is 1.61 bits per heavy atom. The molecule has 2 atom stereocenters. The number of carbonyl (C=O) groups is 4. The van der Waals surface area contributed by atoms with E-state index in [9.17, 15) is 24.3 Å². The topological polar surface area (TPSA) is 134 Å². The molecule has 1 fully saturated rings. The van der Waals surface area contributed by atoms with E-state index < -0.39 is 29.7 Å². The fraction of sp³-hybridized carbons (Fsp3) is 0.630. The van der Waals surface area contributed by atoms with E-state index in [2.05, 4.69) is 16.0 Å². The molecule has 1 aliphatic rings. The van der Waals surface area contributed by atoms with Crippen LogP contribution in [0.15, 0.2) is 30.3 Å². The molecule has 1 aliphatic carbocycles. The average molecular weight is 504 g/mol. The fourth-order valence-corrected chi connectivity index (χ4v) is 4.29. The third-order valence-corrected chi connectivity index (χ3v) is 6.30. The van der Waals surface area contributed by atoms with Crippen molar-refractivity contribution in [1.29, 1.82) is 0 Å². The summed E-state index contributed by atoms with van der Waals surface area (Å²) in [6, 6.07) is 7.77. The Labute approximate surface area is 213 Å². The number of benzene rings is 1. The number of amides is 3. The van der Waals surface area contributed by atoms with Crippen LogP contribution in [0.5, 0.6) is 0 Å². The molecule has 0 unspecified atom stereocenters. The smallest absolute Gasteiger partial charge is 0.408 e. The van der Waals surface area contributed by atoms with Crippen LogP contribution in [0.1, 0.15) is 65.9 Å². The van der Waals surface area contributed by atoms with E-state index in [0.717, 1.165) is 18.4 Å². The van der Waals surface area contributed by atoms with Gasteiger partial charge >= 0.3 is 12.1 Å². The number of rotatable bonds is 10. The number of aliphatic carboxylic acids is 1. The number of alkyl carbamates (subject to hydrolysis) is 1. The zero-order valence-electron chi connectivity index (χ0n) is 22.0. The van der Waals surface area contributed by atoms with Gasteiger partial charge in [-0.05, 0) is 63.9 Å². The van der Waals surface area contributed by atoms with E-state index in [4.69, 9.17) is 4.74 Å². The first-order chi connectivity index (χ1) is 16.9. The maximum Gasteiger partial charge on any atom is 0.408 e. The molecule has 0 spiro atoms. The molecule has 9 heteroatoms. The summed E-state index contributed by atoms with van der Waals surface area (Å²) < 4.78 is 5.34. The second kappa shape index (κ2) is 13.3. The normalized spacial score (nSPS) is 19.6. The first-order valence-electron chi connectivity index (χ1n) is 12.7. The van der Waals surface area contributed by atoms with Gasteiger partial charge < -0.3 is 25.8 Å². The van der Waals surface area contributed by atoms with Crippen LogP contribution in [0.2, 0.25) is 0 Å². The average Bonchev–Trinajstić information content (AvgIpc) is 2.79. The molecule has 1 aromatic carbocycles. The minimum absolute atomic E-state index is 0.198. The monoisotopic (exact) mass is 503 g/mol. The number of ether oxygens (including phenoxy) is 1. The van der Waals surface area contributed by atoms with E-state index in [1.54, 1.807) is 34.6 Å². The largest absolute Gasteiger partial charge is 0.480 e. The SMILES string of the molecule is CC(C)[C@@H](NC(=O)C1CCC(CNC(=O)[C@H](Cc2ccccc2)NC(=O)OC(C)(C)C)CC1)C(=O)O. The lowest BCUT2D eigenvalue weighted by Gasteiger charge is -2.30. The first-order valence-corrected chi connectivity index (χ1v) is 12.7. The van der Waals surface area contributed by atoms with Crippen LogP contribution in [0.4, 0.5) is 4.79 Å². The molecular formula is C27H41N3O6. The summed E-state index contributed by atoms with van der Waals surface area (Å²) in [6.07, 6.45) is 2.47. The Hall–Kier alpha value is -3.10. The van der Waals surface area contributed by atoms with Crippen molar-refractivity contribution in [3.05, 3.63) is 35.9 Å². The summed E-state index contributed by atoms with van der Waals surface area (Å²) in [5.41, 5.74) is 0.240. The third kappa shape index (κ3) is 9.87. The summed E-state index contributed by atoms with van der Waals surface area (Å²) in [5.74, 6) is -1.75. The molecule has 9 nitrogen and oxygen atoms in total. The van der Waals surface area contributed by atoms with Gasteiger partial charge in [-0.3, -0.25) is 9.59 Å². The van der Waals surface area contributed by atoms with Crippen LogP contribution in [0.3, 0.4) is 0 Å². The Morgan fingerprint density at radius 3 is 2.14 bits per heavy atom. The number of hydrogen-bond donors (Lipinski definition) is 4. The van der Waals surface area contributed by atoms with Gasteiger partial charge in [0, 0.05) is 18.9 Å². The minimum Gasteiger partial charge on any atom is -0.480 e. The van der Waals surface area contributed by atoms with Gasteiger partial charge in [0.05, 0.1) is 0 Å². The molecule has 1 aromatic rings. The van der Waals surface area contributed by atoms with Gasteiger partial charge in [-0.25, -0.2) is 9.59 Å². The third-order valence-electron chi connectivity index (χ3n) is 6.30. The van der Waals surface area contributed by atoms with Crippen molar-refractivity contribution >= 4 is 23.9 Å². The van der Waals surface area contributed by atoms with Crippen LogP contribution < -0.4 is 16.0 Å². The van der Waals surface area contributed by atoms with Crippen molar-refractivity contribution in [2.45, 2.75) is 84.4 Å². The Kier molecular flexibility index (Phi) is 10.7.